The summed E-state index contributed by atoms with van der Waals surface area (Å²) in [5.74, 6) is -0.437. The second kappa shape index (κ2) is 8.46. The fourth-order valence-corrected chi connectivity index (χ4v) is 4.75. The van der Waals surface area contributed by atoms with Crippen LogP contribution in [0.15, 0.2) is 48.0 Å². The highest BCUT2D eigenvalue weighted by atomic mass is 16.5. The molecule has 6 nitrogen and oxygen atoms in total. The molecule has 1 saturated heterocycles. The van der Waals surface area contributed by atoms with Gasteiger partial charge in [0.2, 0.25) is 0 Å². The van der Waals surface area contributed by atoms with E-state index in [-0.39, 0.29) is 17.4 Å². The molecule has 2 aromatic rings. The summed E-state index contributed by atoms with van der Waals surface area (Å²) < 4.78 is 10.6. The Morgan fingerprint density at radius 2 is 1.68 bits per heavy atom. The molecule has 1 unspecified atom stereocenters. The van der Waals surface area contributed by atoms with Gasteiger partial charge in [0.15, 0.2) is 11.5 Å². The number of Topliss-reactive ketones (excluding diaryl/α,β-unsaturated/α-hetero) is 1. The molecule has 1 aliphatic heterocycles. The topological polar surface area (TPSA) is 76.1 Å². The maximum absolute atomic E-state index is 13.2. The van der Waals surface area contributed by atoms with E-state index in [0.717, 1.165) is 36.8 Å². The monoisotopic (exact) mass is 421 g/mol. The minimum Gasteiger partial charge on any atom is -0.507 e. The molecule has 1 saturated carbocycles. The molecule has 0 radical (unpaired) electrons. The zero-order valence-corrected chi connectivity index (χ0v) is 18.1. The summed E-state index contributed by atoms with van der Waals surface area (Å²) >= 11 is 0. The van der Waals surface area contributed by atoms with Crippen molar-refractivity contribution in [2.45, 2.75) is 44.7 Å². The van der Waals surface area contributed by atoms with Gasteiger partial charge in [-0.25, -0.2) is 0 Å². The summed E-state index contributed by atoms with van der Waals surface area (Å²) in [5.41, 5.74) is 2.35. The van der Waals surface area contributed by atoms with Crippen LogP contribution in [0.2, 0.25) is 0 Å². The molecular formula is C25H27NO5. The Labute approximate surface area is 182 Å². The Balaban J connectivity index is 1.90. The minimum atomic E-state index is -0.646. The van der Waals surface area contributed by atoms with Crippen molar-refractivity contribution in [2.75, 3.05) is 14.2 Å². The van der Waals surface area contributed by atoms with Gasteiger partial charge in [0.25, 0.3) is 11.7 Å². The first kappa shape index (κ1) is 21.0. The summed E-state index contributed by atoms with van der Waals surface area (Å²) in [6, 6.07) is 12.0. The van der Waals surface area contributed by atoms with Crippen molar-refractivity contribution in [3.8, 4) is 11.5 Å². The van der Waals surface area contributed by atoms with Crippen LogP contribution in [0.4, 0.5) is 0 Å². The predicted octanol–water partition coefficient (Wildman–Crippen LogP) is 4.38. The van der Waals surface area contributed by atoms with E-state index in [1.807, 2.05) is 31.2 Å². The van der Waals surface area contributed by atoms with E-state index in [2.05, 4.69) is 0 Å². The lowest BCUT2D eigenvalue weighted by Gasteiger charge is -2.31. The zero-order chi connectivity index (χ0) is 22.1. The van der Waals surface area contributed by atoms with Gasteiger partial charge >= 0.3 is 0 Å². The minimum absolute atomic E-state index is 0.00300. The molecule has 0 bridgehead atoms. The average molecular weight is 421 g/mol. The lowest BCUT2D eigenvalue weighted by Crippen LogP contribution is -2.37. The number of ether oxygens (including phenoxy) is 2. The molecule has 1 heterocycles. The lowest BCUT2D eigenvalue weighted by molar-refractivity contribution is -0.141. The maximum Gasteiger partial charge on any atom is 0.295 e. The van der Waals surface area contributed by atoms with E-state index in [0.29, 0.717) is 17.1 Å². The second-order valence-corrected chi connectivity index (χ2v) is 8.07. The van der Waals surface area contributed by atoms with Crippen LogP contribution in [0.5, 0.6) is 11.5 Å². The smallest absolute Gasteiger partial charge is 0.295 e. The number of carbonyl (C=O) groups excluding carboxylic acids is 2. The first-order valence-corrected chi connectivity index (χ1v) is 10.6. The van der Waals surface area contributed by atoms with Gasteiger partial charge in [-0.1, -0.05) is 37.1 Å². The molecule has 31 heavy (non-hydrogen) atoms. The van der Waals surface area contributed by atoms with Crippen LogP contribution in [0, 0.1) is 6.92 Å². The summed E-state index contributed by atoms with van der Waals surface area (Å²) in [4.78, 5) is 28.0. The van der Waals surface area contributed by atoms with Crippen molar-refractivity contribution in [1.29, 1.82) is 0 Å². The maximum atomic E-state index is 13.2. The third-order valence-electron chi connectivity index (χ3n) is 6.34. The van der Waals surface area contributed by atoms with Crippen LogP contribution in [0.1, 0.15) is 48.4 Å². The van der Waals surface area contributed by atoms with Gasteiger partial charge in [0, 0.05) is 11.6 Å². The summed E-state index contributed by atoms with van der Waals surface area (Å²) in [5, 5.41) is 11.3. The third kappa shape index (κ3) is 3.56. The molecule has 1 amide bonds. The fourth-order valence-electron chi connectivity index (χ4n) is 4.75. The number of rotatable bonds is 5. The second-order valence-electron chi connectivity index (χ2n) is 8.07. The Hall–Kier alpha value is -3.28. The van der Waals surface area contributed by atoms with Crippen LogP contribution in [-0.4, -0.2) is 42.0 Å². The molecule has 4 rings (SSSR count). The number of ketones is 1. The van der Waals surface area contributed by atoms with E-state index in [9.17, 15) is 14.7 Å². The van der Waals surface area contributed by atoms with Crippen LogP contribution >= 0.6 is 0 Å². The number of aryl methyl sites for hydroxylation is 1. The van der Waals surface area contributed by atoms with Crippen molar-refractivity contribution in [3.63, 3.8) is 0 Å². The first-order chi connectivity index (χ1) is 15.0. The third-order valence-corrected chi connectivity index (χ3v) is 6.34. The van der Waals surface area contributed by atoms with Crippen LogP contribution in [0.25, 0.3) is 5.76 Å². The van der Waals surface area contributed by atoms with E-state index in [4.69, 9.17) is 9.47 Å². The SMILES string of the molecule is COc1ccc(/C(O)=C2\C(=O)C(=O)N(C3CCCC3)C2c2ccccc2C)cc1OC. The van der Waals surface area contributed by atoms with E-state index < -0.39 is 17.7 Å². The molecule has 1 aliphatic carbocycles. The number of amides is 1. The molecule has 0 spiro atoms. The molecule has 1 N–H and O–H groups in total. The fraction of sp³-hybridized carbons (Fsp3) is 0.360. The van der Waals surface area contributed by atoms with Gasteiger partial charge in [-0.15, -0.1) is 0 Å². The number of benzene rings is 2. The van der Waals surface area contributed by atoms with Crippen molar-refractivity contribution < 1.29 is 24.2 Å². The highest BCUT2D eigenvalue weighted by Crippen LogP contribution is 2.44. The van der Waals surface area contributed by atoms with Crippen molar-refractivity contribution in [3.05, 3.63) is 64.7 Å². The molecule has 2 aromatic carbocycles. The van der Waals surface area contributed by atoms with Gasteiger partial charge in [0.05, 0.1) is 25.8 Å². The van der Waals surface area contributed by atoms with Gasteiger partial charge in [-0.2, -0.15) is 0 Å². The molecule has 1 atom stereocenters. The van der Waals surface area contributed by atoms with Crippen molar-refractivity contribution in [1.82, 2.24) is 4.90 Å². The Morgan fingerprint density at radius 1 is 1.00 bits per heavy atom. The quantitative estimate of drug-likeness (QED) is 0.441. The number of carbonyl (C=O) groups is 2. The van der Waals surface area contributed by atoms with E-state index in [1.165, 1.54) is 14.2 Å². The number of methoxy groups -OCH3 is 2. The number of aliphatic hydroxyl groups is 1. The molecule has 162 valence electrons. The van der Waals surface area contributed by atoms with Gasteiger partial charge < -0.3 is 19.5 Å². The van der Waals surface area contributed by atoms with E-state index >= 15 is 0 Å². The predicted molar refractivity (Wildman–Crippen MR) is 117 cm³/mol. The Kier molecular flexibility index (Phi) is 5.72. The molecule has 2 fully saturated rings. The normalized spacial score (nSPS) is 21.0. The van der Waals surface area contributed by atoms with Gasteiger partial charge in [-0.05, 0) is 49.1 Å². The highest BCUT2D eigenvalue weighted by molar-refractivity contribution is 6.46. The molecule has 2 aliphatic rings. The highest BCUT2D eigenvalue weighted by Gasteiger charge is 2.49. The van der Waals surface area contributed by atoms with Gasteiger partial charge in [-0.3, -0.25) is 9.59 Å². The first-order valence-electron chi connectivity index (χ1n) is 10.6. The number of aliphatic hydroxyl groups excluding tert-OH is 1. The molecule has 0 aromatic heterocycles. The van der Waals surface area contributed by atoms with Crippen molar-refractivity contribution >= 4 is 17.4 Å². The van der Waals surface area contributed by atoms with Gasteiger partial charge in [0.1, 0.15) is 5.76 Å². The Morgan fingerprint density at radius 3 is 2.32 bits per heavy atom. The summed E-state index contributed by atoms with van der Waals surface area (Å²) in [6.07, 6.45) is 3.80. The van der Waals surface area contributed by atoms with Crippen molar-refractivity contribution in [2.24, 2.45) is 0 Å². The number of hydrogen-bond acceptors (Lipinski definition) is 5. The molecular weight excluding hydrogens is 394 g/mol. The summed E-state index contributed by atoms with van der Waals surface area (Å²) in [6.45, 7) is 1.96. The number of nitrogens with zero attached hydrogens (tertiary/aromatic N) is 1. The van der Waals surface area contributed by atoms with E-state index in [1.54, 1.807) is 23.1 Å². The van der Waals surface area contributed by atoms with Crippen LogP contribution in [-0.2, 0) is 9.59 Å². The number of likely N-dealkylation sites (tertiary alicyclic amines) is 1. The largest absolute Gasteiger partial charge is 0.507 e. The number of hydrogen-bond donors (Lipinski definition) is 1. The standard InChI is InChI=1S/C25H27NO5/c1-15-8-4-7-11-18(15)22-21(24(28)25(29)26(22)17-9-5-6-10-17)23(27)16-12-13-19(30-2)20(14-16)31-3/h4,7-8,11-14,17,22,27H,5-6,9-10H2,1-3H3/b23-21+. The molecule has 6 heteroatoms. The lowest BCUT2D eigenvalue weighted by atomic mass is 9.92. The Bertz CT molecular complexity index is 1050. The van der Waals surface area contributed by atoms with Crippen LogP contribution in [0.3, 0.4) is 0 Å². The van der Waals surface area contributed by atoms with Crippen LogP contribution < -0.4 is 9.47 Å². The summed E-state index contributed by atoms with van der Waals surface area (Å²) in [7, 11) is 3.04. The zero-order valence-electron chi connectivity index (χ0n) is 18.1. The average Bonchev–Trinajstić information content (AvgIpc) is 3.40.